The van der Waals surface area contributed by atoms with E-state index in [1.807, 2.05) is 0 Å². The number of hydrogen-bond acceptors (Lipinski definition) is 11. The molecule has 1 N–H and O–H groups in total. The first kappa shape index (κ1) is 24.6. The van der Waals surface area contributed by atoms with E-state index in [0.29, 0.717) is 16.9 Å². The van der Waals surface area contributed by atoms with Crippen molar-refractivity contribution in [2.24, 2.45) is 0 Å². The highest BCUT2D eigenvalue weighted by atomic mass is 32.2. The molecule has 176 valence electrons. The second-order valence-corrected chi connectivity index (χ2v) is 9.84. The molecule has 3 aromatic rings. The summed E-state index contributed by atoms with van der Waals surface area (Å²) in [5.41, 5.74) is 0.136. The predicted octanol–water partition coefficient (Wildman–Crippen LogP) is 3.09. The summed E-state index contributed by atoms with van der Waals surface area (Å²) in [7, 11) is -3.57. The molecule has 0 saturated heterocycles. The zero-order valence-electron chi connectivity index (χ0n) is 18.0. The first-order valence-electron chi connectivity index (χ1n) is 9.79. The van der Waals surface area contributed by atoms with E-state index in [4.69, 9.17) is 13.9 Å². The Bertz CT molecular complexity index is 1370. The van der Waals surface area contributed by atoms with Gasteiger partial charge in [-0.2, -0.15) is 5.26 Å². The van der Waals surface area contributed by atoms with E-state index in [1.165, 1.54) is 43.5 Å². The van der Waals surface area contributed by atoms with Gasteiger partial charge < -0.3 is 13.9 Å². The Morgan fingerprint density at radius 2 is 2.03 bits per heavy atom. The summed E-state index contributed by atoms with van der Waals surface area (Å²) in [6.45, 7) is 3.47. The molecule has 0 aliphatic carbocycles. The van der Waals surface area contributed by atoms with Crippen LogP contribution in [0.4, 0.5) is 5.13 Å². The monoisotopic (exact) mass is 502 g/mol. The maximum atomic E-state index is 12.5. The van der Waals surface area contributed by atoms with Crippen molar-refractivity contribution in [2.75, 3.05) is 17.7 Å². The van der Waals surface area contributed by atoms with Gasteiger partial charge in [-0.25, -0.2) is 13.2 Å². The lowest BCUT2D eigenvalue weighted by Gasteiger charge is -2.11. The lowest BCUT2D eigenvalue weighted by molar-refractivity contribution is -0.112. The van der Waals surface area contributed by atoms with Crippen molar-refractivity contribution in [1.29, 1.82) is 5.26 Å². The quantitative estimate of drug-likeness (QED) is 0.151. The van der Waals surface area contributed by atoms with Crippen LogP contribution in [0.25, 0.3) is 6.08 Å². The van der Waals surface area contributed by atoms with Gasteiger partial charge in [0.05, 0.1) is 18.6 Å². The molecule has 0 spiro atoms. The number of hydrogen-bond donors (Lipinski definition) is 1. The third kappa shape index (κ3) is 5.85. The highest BCUT2D eigenvalue weighted by Crippen LogP contribution is 2.30. The molecular formula is C21H18N4O7S2. The van der Waals surface area contributed by atoms with Crippen LogP contribution in [0.5, 0.6) is 11.5 Å². The average molecular weight is 503 g/mol. The van der Waals surface area contributed by atoms with Gasteiger partial charge in [-0.15, -0.1) is 10.2 Å². The van der Waals surface area contributed by atoms with Gasteiger partial charge in [0.1, 0.15) is 11.6 Å². The molecule has 2 heterocycles. The number of carbonyl (C=O) groups is 2. The number of aromatic nitrogens is 2. The standard InChI is InChI=1S/C21H18N4O7S2/c1-3-30-17-11-13(7-8-15(17)32-19(27)16-6-5-9-31-16)10-14(12-22)18(26)23-20-24-25-21(33-20)34(28,29)4-2/h5-11H,3-4H2,1-2H3,(H,23,24,26)/b14-10-. The number of ether oxygens (including phenoxy) is 2. The Hall–Kier alpha value is -4.02. The van der Waals surface area contributed by atoms with Crippen LogP contribution in [0.1, 0.15) is 30.0 Å². The van der Waals surface area contributed by atoms with Gasteiger partial charge in [0.15, 0.2) is 11.5 Å². The minimum Gasteiger partial charge on any atom is -0.490 e. The molecule has 13 heteroatoms. The zero-order valence-corrected chi connectivity index (χ0v) is 19.6. The number of sulfone groups is 1. The molecule has 0 unspecified atom stereocenters. The number of esters is 1. The van der Waals surface area contributed by atoms with E-state index in [-0.39, 0.29) is 44.7 Å². The lowest BCUT2D eigenvalue weighted by Crippen LogP contribution is -2.13. The van der Waals surface area contributed by atoms with E-state index in [9.17, 15) is 23.3 Å². The van der Waals surface area contributed by atoms with E-state index in [2.05, 4.69) is 15.5 Å². The topological polar surface area (TPSA) is 161 Å². The SMILES string of the molecule is CCOc1cc(/C=C(/C#N)C(=O)Nc2nnc(S(=O)(=O)CC)s2)ccc1OC(=O)c1ccco1. The maximum absolute atomic E-state index is 12.5. The van der Waals surface area contributed by atoms with E-state index in [0.717, 1.165) is 0 Å². The molecule has 1 amide bonds. The second-order valence-electron chi connectivity index (χ2n) is 6.41. The molecule has 34 heavy (non-hydrogen) atoms. The number of anilines is 1. The molecule has 3 rings (SSSR count). The van der Waals surface area contributed by atoms with Gasteiger partial charge >= 0.3 is 5.97 Å². The van der Waals surface area contributed by atoms with Gasteiger partial charge in [0, 0.05) is 0 Å². The van der Waals surface area contributed by atoms with Gasteiger partial charge in [-0.1, -0.05) is 24.3 Å². The van der Waals surface area contributed by atoms with Crippen LogP contribution in [0, 0.1) is 11.3 Å². The Balaban J connectivity index is 1.80. The van der Waals surface area contributed by atoms with Crippen molar-refractivity contribution in [1.82, 2.24) is 10.2 Å². The highest BCUT2D eigenvalue weighted by molar-refractivity contribution is 7.93. The summed E-state index contributed by atoms with van der Waals surface area (Å²) in [6, 6.07) is 9.26. The molecule has 1 aromatic carbocycles. The molecule has 0 fully saturated rings. The van der Waals surface area contributed by atoms with Crippen LogP contribution in [0.15, 0.2) is 50.9 Å². The van der Waals surface area contributed by atoms with Crippen molar-refractivity contribution >= 4 is 44.3 Å². The van der Waals surface area contributed by atoms with E-state index in [1.54, 1.807) is 19.1 Å². The molecule has 0 atom stereocenters. The summed E-state index contributed by atoms with van der Waals surface area (Å²) in [4.78, 5) is 24.7. The van der Waals surface area contributed by atoms with Crippen LogP contribution >= 0.6 is 11.3 Å². The Kier molecular flexibility index (Phi) is 7.77. The number of furan rings is 1. The molecule has 0 radical (unpaired) electrons. The third-order valence-corrected chi connectivity index (χ3v) is 7.16. The first-order chi connectivity index (χ1) is 16.3. The number of amides is 1. The Labute approximate surface area is 198 Å². The van der Waals surface area contributed by atoms with Crippen molar-refractivity contribution in [2.45, 2.75) is 18.2 Å². The number of nitrogens with zero attached hydrogens (tertiary/aromatic N) is 3. The highest BCUT2D eigenvalue weighted by Gasteiger charge is 2.20. The Morgan fingerprint density at radius 1 is 1.24 bits per heavy atom. The van der Waals surface area contributed by atoms with Gasteiger partial charge in [0.25, 0.3) is 5.91 Å². The maximum Gasteiger partial charge on any atom is 0.379 e. The molecule has 0 aliphatic heterocycles. The molecule has 0 bridgehead atoms. The van der Waals surface area contributed by atoms with Gasteiger partial charge in [-0.05, 0) is 42.8 Å². The van der Waals surface area contributed by atoms with E-state index < -0.39 is 21.7 Å². The first-order valence-corrected chi connectivity index (χ1v) is 12.3. The summed E-state index contributed by atoms with van der Waals surface area (Å²) in [5.74, 6) is -1.32. The number of benzene rings is 1. The van der Waals surface area contributed by atoms with Crippen LogP contribution < -0.4 is 14.8 Å². The summed E-state index contributed by atoms with van der Waals surface area (Å²) in [5, 5.41) is 18.9. The van der Waals surface area contributed by atoms with Gasteiger partial charge in [0.2, 0.25) is 25.1 Å². The molecule has 11 nitrogen and oxygen atoms in total. The largest absolute Gasteiger partial charge is 0.490 e. The predicted molar refractivity (Wildman–Crippen MR) is 121 cm³/mol. The molecule has 0 aliphatic rings. The molecule has 0 saturated carbocycles. The normalized spacial score (nSPS) is 11.5. The third-order valence-electron chi connectivity index (χ3n) is 4.14. The number of nitrogens with one attached hydrogen (secondary N) is 1. The van der Waals surface area contributed by atoms with Crippen molar-refractivity contribution in [3.8, 4) is 17.6 Å². The summed E-state index contributed by atoms with van der Waals surface area (Å²) >= 11 is 0.688. The molecule has 2 aromatic heterocycles. The Morgan fingerprint density at radius 3 is 2.68 bits per heavy atom. The van der Waals surface area contributed by atoms with Gasteiger partial charge in [-0.3, -0.25) is 10.1 Å². The van der Waals surface area contributed by atoms with Crippen LogP contribution in [-0.4, -0.2) is 42.9 Å². The number of carbonyl (C=O) groups excluding carboxylic acids is 2. The van der Waals surface area contributed by atoms with Crippen molar-refractivity contribution in [3.63, 3.8) is 0 Å². The lowest BCUT2D eigenvalue weighted by atomic mass is 10.1. The fourth-order valence-corrected chi connectivity index (χ4v) is 4.48. The van der Waals surface area contributed by atoms with E-state index >= 15 is 0 Å². The average Bonchev–Trinajstić information content (AvgIpc) is 3.52. The van der Waals surface area contributed by atoms with Crippen molar-refractivity contribution in [3.05, 3.63) is 53.5 Å². The zero-order chi connectivity index (χ0) is 24.7. The fraction of sp³-hybridized carbons (Fsp3) is 0.190. The van der Waals surface area contributed by atoms with Crippen LogP contribution in [0.3, 0.4) is 0 Å². The number of nitriles is 1. The minimum atomic E-state index is -3.57. The number of rotatable bonds is 9. The van der Waals surface area contributed by atoms with Crippen molar-refractivity contribution < 1.29 is 31.9 Å². The summed E-state index contributed by atoms with van der Waals surface area (Å²) in [6.07, 6.45) is 2.63. The summed E-state index contributed by atoms with van der Waals surface area (Å²) < 4.78 is 39.3. The van der Waals surface area contributed by atoms with Crippen LogP contribution in [-0.2, 0) is 14.6 Å². The fourth-order valence-electron chi connectivity index (χ4n) is 2.50. The minimum absolute atomic E-state index is 0.0152. The smallest absolute Gasteiger partial charge is 0.379 e. The van der Waals surface area contributed by atoms with Crippen LogP contribution in [0.2, 0.25) is 0 Å². The molecular weight excluding hydrogens is 484 g/mol. The second kappa shape index (κ2) is 10.7.